The number of hydrogen-bond acceptors (Lipinski definition) is 1. The summed E-state index contributed by atoms with van der Waals surface area (Å²) in [6, 6.07) is 0. The van der Waals surface area contributed by atoms with Gasteiger partial charge in [0, 0.05) is 0 Å². The molecule has 15 heavy (non-hydrogen) atoms. The maximum atomic E-state index is 9.63. The lowest BCUT2D eigenvalue weighted by atomic mass is 9.68. The molecule has 1 nitrogen and oxygen atoms in total. The molecule has 1 fully saturated rings. The number of alkyl halides is 1. The van der Waals surface area contributed by atoms with Crippen molar-refractivity contribution in [2.45, 2.75) is 58.4 Å². The normalized spacial score (nSPS) is 36.6. The fourth-order valence-electron chi connectivity index (χ4n) is 3.00. The molecular weight excluding hydrogens is 208 g/mol. The number of aliphatic hydroxyl groups is 1. The molecule has 5 atom stereocenters. The highest BCUT2D eigenvalue weighted by molar-refractivity contribution is 6.21. The van der Waals surface area contributed by atoms with Crippen molar-refractivity contribution in [3.8, 4) is 0 Å². The largest absolute Gasteiger partial charge is 0.392 e. The van der Waals surface area contributed by atoms with Crippen molar-refractivity contribution >= 4 is 11.6 Å². The van der Waals surface area contributed by atoms with Crippen LogP contribution in [-0.2, 0) is 0 Å². The van der Waals surface area contributed by atoms with Crippen LogP contribution in [0.4, 0.5) is 0 Å². The van der Waals surface area contributed by atoms with E-state index in [2.05, 4.69) is 20.8 Å². The summed E-state index contributed by atoms with van der Waals surface area (Å²) in [5.74, 6) is 2.64. The summed E-state index contributed by atoms with van der Waals surface area (Å²) in [6.07, 6.45) is 3.40. The summed E-state index contributed by atoms with van der Waals surface area (Å²) in [5, 5.41) is 9.56. The molecule has 0 bridgehead atoms. The van der Waals surface area contributed by atoms with Gasteiger partial charge >= 0.3 is 0 Å². The van der Waals surface area contributed by atoms with Gasteiger partial charge in [0.05, 0.1) is 11.5 Å². The second-order valence-electron chi connectivity index (χ2n) is 5.67. The standard InChI is InChI=1S/C13H25ClO/c1-8(2)11-6-5-9(3)7-12(11)13(14)10(4)15/h8-13,15H,5-7H2,1-4H3. The Morgan fingerprint density at radius 2 is 1.73 bits per heavy atom. The van der Waals surface area contributed by atoms with Crippen LogP contribution in [-0.4, -0.2) is 16.6 Å². The van der Waals surface area contributed by atoms with Gasteiger partial charge in [0.15, 0.2) is 0 Å². The van der Waals surface area contributed by atoms with Crippen molar-refractivity contribution in [2.75, 3.05) is 0 Å². The maximum Gasteiger partial charge on any atom is 0.0678 e. The smallest absolute Gasteiger partial charge is 0.0678 e. The Kier molecular flexibility index (Phi) is 4.92. The molecule has 0 spiro atoms. The van der Waals surface area contributed by atoms with Crippen LogP contribution in [0.15, 0.2) is 0 Å². The molecule has 1 rings (SSSR count). The van der Waals surface area contributed by atoms with Crippen LogP contribution in [0.2, 0.25) is 0 Å². The van der Waals surface area contributed by atoms with Crippen molar-refractivity contribution in [3.05, 3.63) is 0 Å². The minimum atomic E-state index is -0.386. The summed E-state index contributed by atoms with van der Waals surface area (Å²) < 4.78 is 0. The van der Waals surface area contributed by atoms with Crippen molar-refractivity contribution < 1.29 is 5.11 Å². The van der Waals surface area contributed by atoms with Crippen LogP contribution in [0.25, 0.3) is 0 Å². The van der Waals surface area contributed by atoms with E-state index < -0.39 is 0 Å². The first-order valence-corrected chi connectivity index (χ1v) is 6.69. The minimum Gasteiger partial charge on any atom is -0.392 e. The number of halogens is 1. The first-order chi connectivity index (χ1) is 6.93. The second-order valence-corrected chi connectivity index (χ2v) is 6.18. The third-order valence-electron chi connectivity index (χ3n) is 3.94. The van der Waals surface area contributed by atoms with Gasteiger partial charge in [-0.05, 0) is 43.4 Å². The Morgan fingerprint density at radius 3 is 2.20 bits per heavy atom. The van der Waals surface area contributed by atoms with Gasteiger partial charge in [-0.15, -0.1) is 11.6 Å². The summed E-state index contributed by atoms with van der Waals surface area (Å²) in [4.78, 5) is 0. The Hall–Kier alpha value is 0.250. The maximum absolute atomic E-state index is 9.63. The van der Waals surface area contributed by atoms with Gasteiger partial charge in [-0.1, -0.05) is 27.2 Å². The average Bonchev–Trinajstić information content (AvgIpc) is 2.15. The summed E-state index contributed by atoms with van der Waals surface area (Å²) in [5.41, 5.74) is 0. The first kappa shape index (κ1) is 13.3. The van der Waals surface area contributed by atoms with Crippen molar-refractivity contribution in [1.29, 1.82) is 0 Å². The topological polar surface area (TPSA) is 20.2 Å². The van der Waals surface area contributed by atoms with Crippen LogP contribution >= 0.6 is 11.6 Å². The number of rotatable bonds is 3. The highest BCUT2D eigenvalue weighted by Gasteiger charge is 2.36. The van der Waals surface area contributed by atoms with Crippen LogP contribution in [0.5, 0.6) is 0 Å². The molecule has 90 valence electrons. The highest BCUT2D eigenvalue weighted by Crippen LogP contribution is 2.41. The molecule has 0 aromatic carbocycles. The van der Waals surface area contributed by atoms with E-state index in [1.54, 1.807) is 0 Å². The van der Waals surface area contributed by atoms with Gasteiger partial charge in [-0.25, -0.2) is 0 Å². The van der Waals surface area contributed by atoms with E-state index in [1.807, 2.05) is 6.92 Å². The van der Waals surface area contributed by atoms with E-state index in [0.717, 1.165) is 5.92 Å². The molecule has 0 aromatic rings. The molecule has 1 aliphatic carbocycles. The van der Waals surface area contributed by atoms with Gasteiger partial charge in [0.1, 0.15) is 0 Å². The predicted molar refractivity (Wildman–Crippen MR) is 66.2 cm³/mol. The van der Waals surface area contributed by atoms with Crippen molar-refractivity contribution in [3.63, 3.8) is 0 Å². The molecule has 1 saturated carbocycles. The second kappa shape index (κ2) is 5.54. The zero-order valence-corrected chi connectivity index (χ0v) is 11.2. The lowest BCUT2D eigenvalue weighted by molar-refractivity contribution is 0.0859. The lowest BCUT2D eigenvalue weighted by Crippen LogP contribution is -2.38. The molecule has 0 radical (unpaired) electrons. The molecule has 0 aromatic heterocycles. The Labute approximate surface area is 99.2 Å². The third kappa shape index (κ3) is 3.35. The Bertz CT molecular complexity index is 191. The zero-order valence-electron chi connectivity index (χ0n) is 10.4. The van der Waals surface area contributed by atoms with Gasteiger partial charge < -0.3 is 5.11 Å². The van der Waals surface area contributed by atoms with Crippen LogP contribution in [0.1, 0.15) is 47.0 Å². The Morgan fingerprint density at radius 1 is 1.13 bits per heavy atom. The van der Waals surface area contributed by atoms with E-state index in [1.165, 1.54) is 19.3 Å². The van der Waals surface area contributed by atoms with Gasteiger partial charge in [-0.2, -0.15) is 0 Å². The zero-order chi connectivity index (χ0) is 11.6. The molecule has 5 unspecified atom stereocenters. The third-order valence-corrected chi connectivity index (χ3v) is 4.63. The summed E-state index contributed by atoms with van der Waals surface area (Å²) in [6.45, 7) is 8.67. The van der Waals surface area contributed by atoms with Gasteiger partial charge in [0.25, 0.3) is 0 Å². The van der Waals surface area contributed by atoms with E-state index in [0.29, 0.717) is 17.8 Å². The monoisotopic (exact) mass is 232 g/mol. The SMILES string of the molecule is CC1CCC(C(C)C)C(C(Cl)C(C)O)C1. The molecule has 0 saturated heterocycles. The molecule has 1 aliphatic rings. The van der Waals surface area contributed by atoms with Crippen molar-refractivity contribution in [1.82, 2.24) is 0 Å². The predicted octanol–water partition coefficient (Wildman–Crippen LogP) is 3.68. The van der Waals surface area contributed by atoms with Gasteiger partial charge in [-0.3, -0.25) is 0 Å². The Balaban J connectivity index is 2.69. The van der Waals surface area contributed by atoms with E-state index >= 15 is 0 Å². The summed E-state index contributed by atoms with van der Waals surface area (Å²) >= 11 is 6.35. The quantitative estimate of drug-likeness (QED) is 0.736. The number of hydrogen-bond donors (Lipinski definition) is 1. The van der Waals surface area contributed by atoms with Crippen LogP contribution in [0.3, 0.4) is 0 Å². The van der Waals surface area contributed by atoms with E-state index in [4.69, 9.17) is 11.6 Å². The van der Waals surface area contributed by atoms with Crippen molar-refractivity contribution in [2.24, 2.45) is 23.7 Å². The minimum absolute atomic E-state index is 0.0693. The van der Waals surface area contributed by atoms with Crippen LogP contribution in [0, 0.1) is 23.7 Å². The molecule has 2 heteroatoms. The first-order valence-electron chi connectivity index (χ1n) is 6.25. The molecule has 0 heterocycles. The molecule has 0 amide bonds. The molecular formula is C13H25ClO. The van der Waals surface area contributed by atoms with Crippen LogP contribution < -0.4 is 0 Å². The fourth-order valence-corrected chi connectivity index (χ4v) is 3.29. The van der Waals surface area contributed by atoms with E-state index in [-0.39, 0.29) is 11.5 Å². The summed E-state index contributed by atoms with van der Waals surface area (Å²) in [7, 11) is 0. The van der Waals surface area contributed by atoms with Gasteiger partial charge in [0.2, 0.25) is 0 Å². The van der Waals surface area contributed by atoms with E-state index in [9.17, 15) is 5.11 Å². The molecule has 1 N–H and O–H groups in total. The lowest BCUT2D eigenvalue weighted by Gasteiger charge is -2.40. The fraction of sp³-hybridized carbons (Fsp3) is 1.00. The highest BCUT2D eigenvalue weighted by atomic mass is 35.5. The average molecular weight is 233 g/mol. The molecule has 0 aliphatic heterocycles. The number of aliphatic hydroxyl groups excluding tert-OH is 1.